The van der Waals surface area contributed by atoms with Crippen LogP contribution in [-0.2, 0) is 10.9 Å². The Morgan fingerprint density at radius 2 is 1.90 bits per heavy atom. The molecule has 1 fully saturated rings. The number of alkyl halides is 3. The highest BCUT2D eigenvalue weighted by Gasteiger charge is 2.36. The monoisotopic (exact) mass is 307 g/mol. The van der Waals surface area contributed by atoms with Gasteiger partial charge in [0, 0.05) is 38.7 Å². The Balaban J connectivity index is 2.12. The third-order valence-electron chi connectivity index (χ3n) is 3.15. The maximum absolute atomic E-state index is 12.7. The predicted octanol–water partition coefficient (Wildman–Crippen LogP) is 0.734. The number of rotatable bonds is 4. The number of nitrogens with zero attached hydrogens (tertiary/aromatic N) is 2. The van der Waals surface area contributed by atoms with Crippen molar-refractivity contribution < 1.29 is 23.0 Å². The molecule has 118 valence electrons. The molecule has 7 nitrogen and oxygen atoms in total. The zero-order valence-corrected chi connectivity index (χ0v) is 11.1. The number of ether oxygens (including phenoxy) is 1. The second-order valence-electron chi connectivity index (χ2n) is 4.79. The van der Waals surface area contributed by atoms with Crippen LogP contribution in [-0.4, -0.2) is 40.4 Å². The standard InChI is InChI=1S/C11H16F3N5O2/c12-11(13,14)9-17-7(5-8(18-9)19-15)16-6-10(20)1-3-21-4-2-10/h5,20H,1-4,6,15H2,(H2,16,17,18,19). The fourth-order valence-electron chi connectivity index (χ4n) is 1.92. The topological polar surface area (TPSA) is 105 Å². The van der Waals surface area contributed by atoms with E-state index in [1.54, 1.807) is 0 Å². The summed E-state index contributed by atoms with van der Waals surface area (Å²) in [5, 5.41) is 12.9. The van der Waals surface area contributed by atoms with Gasteiger partial charge in [-0.3, -0.25) is 0 Å². The summed E-state index contributed by atoms with van der Waals surface area (Å²) in [7, 11) is 0. The van der Waals surface area contributed by atoms with Gasteiger partial charge >= 0.3 is 6.18 Å². The largest absolute Gasteiger partial charge is 0.451 e. The van der Waals surface area contributed by atoms with Gasteiger partial charge in [-0.2, -0.15) is 13.2 Å². The van der Waals surface area contributed by atoms with E-state index in [-0.39, 0.29) is 18.2 Å². The van der Waals surface area contributed by atoms with E-state index in [1.807, 2.05) is 0 Å². The normalized spacial score (nSPS) is 18.3. The highest BCUT2D eigenvalue weighted by Crippen LogP contribution is 2.28. The molecule has 1 aliphatic rings. The molecule has 21 heavy (non-hydrogen) atoms. The molecular formula is C11H16F3N5O2. The van der Waals surface area contributed by atoms with E-state index >= 15 is 0 Å². The van der Waals surface area contributed by atoms with Crippen LogP contribution in [0, 0.1) is 0 Å². The highest BCUT2D eigenvalue weighted by molar-refractivity contribution is 5.47. The summed E-state index contributed by atoms with van der Waals surface area (Å²) < 4.78 is 43.1. The molecule has 1 aliphatic heterocycles. The van der Waals surface area contributed by atoms with Gasteiger partial charge < -0.3 is 20.6 Å². The lowest BCUT2D eigenvalue weighted by Crippen LogP contribution is -2.42. The molecular weight excluding hydrogens is 291 g/mol. The van der Waals surface area contributed by atoms with Crippen molar-refractivity contribution in [2.24, 2.45) is 5.84 Å². The summed E-state index contributed by atoms with van der Waals surface area (Å²) >= 11 is 0. The van der Waals surface area contributed by atoms with Gasteiger partial charge in [0.05, 0.1) is 5.60 Å². The highest BCUT2D eigenvalue weighted by atomic mass is 19.4. The Hall–Kier alpha value is -1.65. The molecule has 0 aromatic carbocycles. The summed E-state index contributed by atoms with van der Waals surface area (Å²) in [4.78, 5) is 6.62. The molecule has 0 bridgehead atoms. The Morgan fingerprint density at radius 1 is 1.29 bits per heavy atom. The Labute approximate surface area is 118 Å². The molecule has 10 heteroatoms. The van der Waals surface area contributed by atoms with Gasteiger partial charge in [0.15, 0.2) is 0 Å². The molecule has 0 unspecified atom stereocenters. The predicted molar refractivity (Wildman–Crippen MR) is 68.3 cm³/mol. The van der Waals surface area contributed by atoms with Crippen molar-refractivity contribution in [2.75, 3.05) is 30.5 Å². The van der Waals surface area contributed by atoms with Gasteiger partial charge in [-0.05, 0) is 0 Å². The van der Waals surface area contributed by atoms with Gasteiger partial charge in [-0.15, -0.1) is 0 Å². The third kappa shape index (κ3) is 4.16. The fraction of sp³-hybridized carbons (Fsp3) is 0.636. The van der Waals surface area contributed by atoms with Crippen molar-refractivity contribution >= 4 is 11.6 Å². The first-order valence-electron chi connectivity index (χ1n) is 6.29. The van der Waals surface area contributed by atoms with Crippen LogP contribution in [0.3, 0.4) is 0 Å². The van der Waals surface area contributed by atoms with Crippen LogP contribution in [0.15, 0.2) is 6.07 Å². The average Bonchev–Trinajstić information content (AvgIpc) is 2.45. The van der Waals surface area contributed by atoms with Crippen molar-refractivity contribution in [1.29, 1.82) is 0 Å². The lowest BCUT2D eigenvalue weighted by atomic mass is 9.94. The number of aromatic nitrogens is 2. The first-order chi connectivity index (χ1) is 9.82. The van der Waals surface area contributed by atoms with Gasteiger partial charge in [0.2, 0.25) is 5.82 Å². The van der Waals surface area contributed by atoms with Crippen LogP contribution >= 0.6 is 0 Å². The fourth-order valence-corrected chi connectivity index (χ4v) is 1.92. The maximum Gasteiger partial charge on any atom is 0.451 e. The van der Waals surface area contributed by atoms with Crippen molar-refractivity contribution in [1.82, 2.24) is 9.97 Å². The summed E-state index contributed by atoms with van der Waals surface area (Å²) in [5.41, 5.74) is 1.02. The Morgan fingerprint density at radius 3 is 2.48 bits per heavy atom. The number of hydrazine groups is 1. The molecule has 1 aromatic rings. The van der Waals surface area contributed by atoms with E-state index in [0.717, 1.165) is 0 Å². The molecule has 1 saturated heterocycles. The zero-order chi connectivity index (χ0) is 15.5. The smallest absolute Gasteiger partial charge is 0.388 e. The molecule has 5 N–H and O–H groups in total. The number of anilines is 2. The first kappa shape index (κ1) is 15.7. The lowest BCUT2D eigenvalue weighted by molar-refractivity contribution is -0.144. The van der Waals surface area contributed by atoms with Crippen LogP contribution in [0.25, 0.3) is 0 Å². The van der Waals surface area contributed by atoms with Crippen molar-refractivity contribution in [3.8, 4) is 0 Å². The summed E-state index contributed by atoms with van der Waals surface area (Å²) in [6.45, 7) is 0.880. The van der Waals surface area contributed by atoms with Crippen molar-refractivity contribution in [3.63, 3.8) is 0 Å². The number of hydrogen-bond donors (Lipinski definition) is 4. The van der Waals surface area contributed by atoms with Gasteiger partial charge in [0.25, 0.3) is 0 Å². The maximum atomic E-state index is 12.7. The van der Waals surface area contributed by atoms with Gasteiger partial charge in [0.1, 0.15) is 11.6 Å². The Bertz CT molecular complexity index is 491. The van der Waals surface area contributed by atoms with E-state index in [4.69, 9.17) is 10.6 Å². The number of halogens is 3. The molecule has 1 aromatic heterocycles. The minimum atomic E-state index is -4.68. The average molecular weight is 307 g/mol. The first-order valence-corrected chi connectivity index (χ1v) is 6.29. The van der Waals surface area contributed by atoms with Crippen molar-refractivity contribution in [3.05, 3.63) is 11.9 Å². The minimum absolute atomic E-state index is 0.0642. The molecule has 0 spiro atoms. The second-order valence-corrected chi connectivity index (χ2v) is 4.79. The summed E-state index contributed by atoms with van der Waals surface area (Å²) in [6, 6.07) is 1.23. The molecule has 0 saturated carbocycles. The van der Waals surface area contributed by atoms with Crippen LogP contribution in [0.1, 0.15) is 18.7 Å². The summed E-state index contributed by atoms with van der Waals surface area (Å²) in [5.74, 6) is 3.56. The Kier molecular flexibility index (Phi) is 4.49. The summed E-state index contributed by atoms with van der Waals surface area (Å²) in [6.07, 6.45) is -3.88. The molecule has 0 radical (unpaired) electrons. The van der Waals surface area contributed by atoms with Crippen LogP contribution in [0.4, 0.5) is 24.8 Å². The number of hydrogen-bond acceptors (Lipinski definition) is 7. The van der Waals surface area contributed by atoms with E-state index in [2.05, 4.69) is 20.7 Å². The van der Waals surface area contributed by atoms with Crippen molar-refractivity contribution in [2.45, 2.75) is 24.6 Å². The third-order valence-corrected chi connectivity index (χ3v) is 3.15. The molecule has 2 heterocycles. The molecule has 0 aliphatic carbocycles. The van der Waals surface area contributed by atoms with Crippen LogP contribution in [0.2, 0.25) is 0 Å². The lowest BCUT2D eigenvalue weighted by Gasteiger charge is -2.32. The quantitative estimate of drug-likeness (QED) is 0.480. The van der Waals surface area contributed by atoms with Gasteiger partial charge in [-0.25, -0.2) is 15.8 Å². The SMILES string of the molecule is NNc1cc(NCC2(O)CCOCC2)nc(C(F)(F)F)n1. The zero-order valence-electron chi connectivity index (χ0n) is 11.1. The minimum Gasteiger partial charge on any atom is -0.388 e. The number of nitrogens with one attached hydrogen (secondary N) is 2. The molecule has 2 rings (SSSR count). The number of nitrogen functional groups attached to an aromatic ring is 1. The van der Waals surface area contributed by atoms with E-state index in [9.17, 15) is 18.3 Å². The number of aliphatic hydroxyl groups is 1. The molecule has 0 amide bonds. The van der Waals surface area contributed by atoms with E-state index < -0.39 is 17.6 Å². The van der Waals surface area contributed by atoms with Crippen LogP contribution < -0.4 is 16.6 Å². The molecule has 0 atom stereocenters. The van der Waals surface area contributed by atoms with Crippen LogP contribution in [0.5, 0.6) is 0 Å². The van der Waals surface area contributed by atoms with E-state index in [1.165, 1.54) is 6.07 Å². The van der Waals surface area contributed by atoms with E-state index in [0.29, 0.717) is 26.1 Å². The second kappa shape index (κ2) is 6.00. The number of nitrogens with two attached hydrogens (primary N) is 1. The van der Waals surface area contributed by atoms with Gasteiger partial charge in [-0.1, -0.05) is 0 Å².